The maximum Gasteiger partial charge on any atom is 0.407 e. The third-order valence-electron chi connectivity index (χ3n) is 3.64. The van der Waals surface area contributed by atoms with Crippen molar-refractivity contribution < 1.29 is 19.4 Å². The van der Waals surface area contributed by atoms with Crippen LogP contribution in [0.3, 0.4) is 0 Å². The molecule has 1 spiro atoms. The molecule has 1 atom stereocenters. The molecular weight excluding hydrogens is 314 g/mol. The van der Waals surface area contributed by atoms with Crippen molar-refractivity contribution in [1.29, 1.82) is 0 Å². The lowest BCUT2D eigenvalue weighted by Crippen LogP contribution is -2.45. The number of benzene rings is 1. The van der Waals surface area contributed by atoms with Gasteiger partial charge < -0.3 is 14.7 Å². The molecule has 2 heterocycles. The number of ether oxygens (including phenoxy) is 1. The Morgan fingerprint density at radius 2 is 2.26 bits per heavy atom. The first-order valence-electron chi connectivity index (χ1n) is 5.99. The Hall–Kier alpha value is -1.56. The largest absolute Gasteiger partial charge is 0.484 e. The number of Topliss-reactive ketones (excluding diaryl/α,β-unsaturated/α-hetero) is 1. The lowest BCUT2D eigenvalue weighted by molar-refractivity contribution is 0.0456. The minimum Gasteiger partial charge on any atom is -0.484 e. The predicted molar refractivity (Wildman–Crippen MR) is 70.7 cm³/mol. The van der Waals surface area contributed by atoms with Crippen LogP contribution in [0, 0.1) is 0 Å². The summed E-state index contributed by atoms with van der Waals surface area (Å²) < 4.78 is 6.77. The molecule has 0 aromatic heterocycles. The highest BCUT2D eigenvalue weighted by Gasteiger charge is 2.47. The molecular formula is C13H12BrNO4. The number of hydrogen-bond acceptors (Lipinski definition) is 3. The van der Waals surface area contributed by atoms with Crippen LogP contribution >= 0.6 is 15.9 Å². The first kappa shape index (κ1) is 12.5. The monoisotopic (exact) mass is 325 g/mol. The van der Waals surface area contributed by atoms with Gasteiger partial charge in [-0.1, -0.05) is 15.9 Å². The number of carboxylic acid groups (broad SMARTS) is 1. The molecule has 1 saturated heterocycles. The number of hydrogen-bond donors (Lipinski definition) is 1. The van der Waals surface area contributed by atoms with Crippen LogP contribution < -0.4 is 4.74 Å². The zero-order valence-corrected chi connectivity index (χ0v) is 11.6. The zero-order valence-electron chi connectivity index (χ0n) is 10.1. The zero-order chi connectivity index (χ0) is 13.6. The van der Waals surface area contributed by atoms with Crippen LogP contribution in [0.2, 0.25) is 0 Å². The van der Waals surface area contributed by atoms with Crippen molar-refractivity contribution in [1.82, 2.24) is 4.90 Å². The smallest absolute Gasteiger partial charge is 0.407 e. The van der Waals surface area contributed by atoms with E-state index in [0.29, 0.717) is 24.3 Å². The van der Waals surface area contributed by atoms with E-state index >= 15 is 0 Å². The van der Waals surface area contributed by atoms with E-state index in [1.807, 2.05) is 6.07 Å². The van der Waals surface area contributed by atoms with Crippen LogP contribution in [0.1, 0.15) is 23.2 Å². The van der Waals surface area contributed by atoms with Gasteiger partial charge in [0, 0.05) is 17.4 Å². The maximum absolute atomic E-state index is 12.2. The lowest BCUT2D eigenvalue weighted by Gasteiger charge is -2.34. The average molecular weight is 326 g/mol. The van der Waals surface area contributed by atoms with Crippen molar-refractivity contribution >= 4 is 27.8 Å². The van der Waals surface area contributed by atoms with Crippen LogP contribution in [-0.2, 0) is 0 Å². The first-order chi connectivity index (χ1) is 8.99. The van der Waals surface area contributed by atoms with E-state index in [9.17, 15) is 9.59 Å². The van der Waals surface area contributed by atoms with Crippen molar-refractivity contribution in [3.05, 3.63) is 28.2 Å². The van der Waals surface area contributed by atoms with Crippen LogP contribution in [0.4, 0.5) is 4.79 Å². The average Bonchev–Trinajstić information content (AvgIpc) is 2.74. The Kier molecular flexibility index (Phi) is 2.78. The van der Waals surface area contributed by atoms with Gasteiger partial charge in [-0.2, -0.15) is 0 Å². The Labute approximate surface area is 118 Å². The molecule has 1 aromatic carbocycles. The second-order valence-electron chi connectivity index (χ2n) is 4.98. The molecule has 1 unspecified atom stereocenters. The molecule has 6 heteroatoms. The number of carbonyl (C=O) groups is 2. The summed E-state index contributed by atoms with van der Waals surface area (Å²) in [6.07, 6.45) is -0.171. The molecule has 1 fully saturated rings. The van der Waals surface area contributed by atoms with Crippen LogP contribution in [0.25, 0.3) is 0 Å². The summed E-state index contributed by atoms with van der Waals surface area (Å²) in [6.45, 7) is 0.665. The molecule has 0 saturated carbocycles. The fourth-order valence-corrected chi connectivity index (χ4v) is 3.06. The van der Waals surface area contributed by atoms with Gasteiger partial charge in [0.25, 0.3) is 0 Å². The highest BCUT2D eigenvalue weighted by molar-refractivity contribution is 9.10. The van der Waals surface area contributed by atoms with Gasteiger partial charge in [-0.3, -0.25) is 4.79 Å². The molecule has 5 nitrogen and oxygen atoms in total. The highest BCUT2D eigenvalue weighted by Crippen LogP contribution is 2.39. The molecule has 1 N–H and O–H groups in total. The first-order valence-corrected chi connectivity index (χ1v) is 6.78. The lowest BCUT2D eigenvalue weighted by atomic mass is 9.89. The van der Waals surface area contributed by atoms with Gasteiger partial charge in [0.2, 0.25) is 0 Å². The molecule has 1 aromatic rings. The summed E-state index contributed by atoms with van der Waals surface area (Å²) in [7, 11) is 0. The van der Waals surface area contributed by atoms with Crippen LogP contribution in [-0.4, -0.2) is 40.6 Å². The Morgan fingerprint density at radius 1 is 1.47 bits per heavy atom. The van der Waals surface area contributed by atoms with Gasteiger partial charge in [-0.25, -0.2) is 4.79 Å². The Morgan fingerprint density at radius 3 is 2.95 bits per heavy atom. The number of likely N-dealkylation sites (tertiary alicyclic amines) is 1. The van der Waals surface area contributed by atoms with E-state index in [4.69, 9.17) is 9.84 Å². The fourth-order valence-electron chi connectivity index (χ4n) is 2.70. The van der Waals surface area contributed by atoms with Gasteiger partial charge in [0.15, 0.2) is 5.78 Å². The van der Waals surface area contributed by atoms with Crippen LogP contribution in [0.5, 0.6) is 5.75 Å². The minimum absolute atomic E-state index is 0.00906. The molecule has 100 valence electrons. The van der Waals surface area contributed by atoms with E-state index in [2.05, 4.69) is 15.9 Å². The molecule has 19 heavy (non-hydrogen) atoms. The van der Waals surface area contributed by atoms with E-state index in [0.717, 1.165) is 4.47 Å². The molecule has 1 amide bonds. The van der Waals surface area contributed by atoms with E-state index in [-0.39, 0.29) is 18.7 Å². The second kappa shape index (κ2) is 4.23. The standard InChI is InChI=1S/C13H12BrNO4/c14-8-1-2-11-9(5-8)10(16)6-13(19-11)3-4-15(7-13)12(17)18/h1-2,5H,3-4,6-7H2,(H,17,18). The van der Waals surface area contributed by atoms with Gasteiger partial charge in [0.1, 0.15) is 11.4 Å². The highest BCUT2D eigenvalue weighted by atomic mass is 79.9. The van der Waals surface area contributed by atoms with Crippen molar-refractivity contribution in [3.63, 3.8) is 0 Å². The van der Waals surface area contributed by atoms with Gasteiger partial charge in [0.05, 0.1) is 18.5 Å². The number of ketones is 1. The normalized spacial score (nSPS) is 25.3. The van der Waals surface area contributed by atoms with Gasteiger partial charge >= 0.3 is 6.09 Å². The third kappa shape index (κ3) is 2.10. The quantitative estimate of drug-likeness (QED) is 0.796. The van der Waals surface area contributed by atoms with E-state index in [1.165, 1.54) is 4.90 Å². The minimum atomic E-state index is -0.963. The second-order valence-corrected chi connectivity index (χ2v) is 5.90. The number of nitrogens with zero attached hydrogens (tertiary/aromatic N) is 1. The molecule has 3 rings (SSSR count). The summed E-state index contributed by atoms with van der Waals surface area (Å²) >= 11 is 3.33. The van der Waals surface area contributed by atoms with Crippen molar-refractivity contribution in [3.8, 4) is 5.75 Å². The maximum atomic E-state index is 12.2. The predicted octanol–water partition coefficient (Wildman–Crippen LogP) is 2.54. The topological polar surface area (TPSA) is 66.8 Å². The summed E-state index contributed by atoms with van der Waals surface area (Å²) in [5.41, 5.74) is -0.121. The van der Waals surface area contributed by atoms with Gasteiger partial charge in [-0.15, -0.1) is 0 Å². The SMILES string of the molecule is O=C1CC2(CCN(C(=O)O)C2)Oc2ccc(Br)cc21. The third-order valence-corrected chi connectivity index (χ3v) is 4.13. The van der Waals surface area contributed by atoms with Crippen molar-refractivity contribution in [2.45, 2.75) is 18.4 Å². The molecule has 0 radical (unpaired) electrons. The molecule has 0 aliphatic carbocycles. The summed E-state index contributed by atoms with van der Waals surface area (Å²) in [5, 5.41) is 9.00. The number of fused-ring (bicyclic) bond motifs is 1. The van der Waals surface area contributed by atoms with Crippen molar-refractivity contribution in [2.75, 3.05) is 13.1 Å². The summed E-state index contributed by atoms with van der Waals surface area (Å²) in [5.74, 6) is 0.557. The number of amides is 1. The Balaban J connectivity index is 1.92. The van der Waals surface area contributed by atoms with E-state index < -0.39 is 11.7 Å². The molecule has 2 aliphatic heterocycles. The number of carbonyl (C=O) groups excluding carboxylic acids is 1. The number of halogens is 1. The molecule has 0 bridgehead atoms. The van der Waals surface area contributed by atoms with E-state index in [1.54, 1.807) is 12.1 Å². The molecule has 2 aliphatic rings. The van der Waals surface area contributed by atoms with Crippen molar-refractivity contribution in [2.24, 2.45) is 0 Å². The Bertz CT molecular complexity index is 574. The summed E-state index contributed by atoms with van der Waals surface area (Å²) in [4.78, 5) is 24.5. The summed E-state index contributed by atoms with van der Waals surface area (Å²) in [6, 6.07) is 5.31. The van der Waals surface area contributed by atoms with Crippen LogP contribution in [0.15, 0.2) is 22.7 Å². The number of rotatable bonds is 0. The van der Waals surface area contributed by atoms with Gasteiger partial charge in [-0.05, 0) is 18.2 Å². The fraction of sp³-hybridized carbons (Fsp3) is 0.385.